The third kappa shape index (κ3) is 4.23. The van der Waals surface area contributed by atoms with Gasteiger partial charge in [-0.2, -0.15) is 0 Å². The molecule has 0 aromatic carbocycles. The zero-order valence-corrected chi connectivity index (χ0v) is 14.2. The van der Waals surface area contributed by atoms with Gasteiger partial charge in [0.25, 0.3) is 17.9 Å². The summed E-state index contributed by atoms with van der Waals surface area (Å²) in [6.07, 6.45) is 4.81. The van der Waals surface area contributed by atoms with E-state index in [-0.39, 0.29) is 35.6 Å². The number of carbonyl (C=O) groups excluding carboxylic acids is 2. The number of amides is 2. The van der Waals surface area contributed by atoms with E-state index in [0.717, 1.165) is 25.6 Å². The molecule has 1 saturated carbocycles. The number of aromatic nitrogens is 2. The van der Waals surface area contributed by atoms with Gasteiger partial charge in [-0.15, -0.1) is 0 Å². The Labute approximate surface area is 144 Å². The molecule has 2 heterocycles. The maximum Gasteiger partial charge on any atom is 0.290 e. The predicted molar refractivity (Wildman–Crippen MR) is 87.9 cm³/mol. The number of carboxylic acid groups (broad SMARTS) is 1. The van der Waals surface area contributed by atoms with Gasteiger partial charge in [0.2, 0.25) is 5.91 Å². The second kappa shape index (κ2) is 7.91. The minimum atomic E-state index is -0.326. The van der Waals surface area contributed by atoms with Crippen LogP contribution in [0.2, 0.25) is 0 Å². The minimum Gasteiger partial charge on any atom is -0.483 e. The van der Waals surface area contributed by atoms with E-state index in [4.69, 9.17) is 9.90 Å². The molecule has 2 amide bonds. The van der Waals surface area contributed by atoms with E-state index in [1.54, 1.807) is 16.8 Å². The SMILES string of the molecule is CN1C[C@H]2C[C@@H](N(C)C(=O)c3c[nH]c(=O)cn3)C[C@H]2CC1=O.O=CO. The highest BCUT2D eigenvalue weighted by Gasteiger charge is 2.42. The van der Waals surface area contributed by atoms with Gasteiger partial charge in [0.05, 0.1) is 6.20 Å². The number of piperidine rings is 1. The topological polar surface area (TPSA) is 124 Å². The number of fused-ring (bicyclic) bond motifs is 1. The van der Waals surface area contributed by atoms with Crippen molar-refractivity contribution < 1.29 is 19.5 Å². The van der Waals surface area contributed by atoms with Crippen LogP contribution in [0.15, 0.2) is 17.2 Å². The Morgan fingerprint density at radius 2 is 2.04 bits per heavy atom. The van der Waals surface area contributed by atoms with Gasteiger partial charge in [-0.05, 0) is 24.7 Å². The summed E-state index contributed by atoms with van der Waals surface area (Å²) >= 11 is 0. The molecule has 1 aliphatic heterocycles. The largest absolute Gasteiger partial charge is 0.483 e. The lowest BCUT2D eigenvalue weighted by molar-refractivity contribution is -0.135. The Morgan fingerprint density at radius 3 is 2.64 bits per heavy atom. The molecule has 1 aromatic rings. The van der Waals surface area contributed by atoms with E-state index in [2.05, 4.69) is 9.97 Å². The molecule has 9 heteroatoms. The number of carbonyl (C=O) groups is 3. The van der Waals surface area contributed by atoms with Crippen LogP contribution in [-0.2, 0) is 9.59 Å². The predicted octanol–water partition coefficient (Wildman–Crippen LogP) is -0.200. The van der Waals surface area contributed by atoms with E-state index in [9.17, 15) is 14.4 Å². The monoisotopic (exact) mass is 350 g/mol. The van der Waals surface area contributed by atoms with Crippen molar-refractivity contribution in [2.75, 3.05) is 20.6 Å². The molecule has 2 aliphatic rings. The van der Waals surface area contributed by atoms with Gasteiger partial charge in [0.1, 0.15) is 5.69 Å². The molecule has 0 unspecified atom stereocenters. The van der Waals surface area contributed by atoms with Crippen LogP contribution in [0.5, 0.6) is 0 Å². The van der Waals surface area contributed by atoms with Crippen molar-refractivity contribution in [1.29, 1.82) is 0 Å². The Bertz CT molecular complexity index is 684. The molecule has 2 fully saturated rings. The van der Waals surface area contributed by atoms with Crippen LogP contribution in [-0.4, -0.2) is 69.8 Å². The normalized spacial score (nSPS) is 24.8. The molecular weight excluding hydrogens is 328 g/mol. The number of hydrogen-bond acceptors (Lipinski definition) is 5. The number of H-pyrrole nitrogens is 1. The fourth-order valence-corrected chi connectivity index (χ4v) is 3.61. The number of nitrogens with zero attached hydrogens (tertiary/aromatic N) is 3. The number of aromatic amines is 1. The summed E-state index contributed by atoms with van der Waals surface area (Å²) in [5.41, 5.74) is -0.0854. The van der Waals surface area contributed by atoms with E-state index in [1.165, 1.54) is 6.20 Å². The fraction of sp³-hybridized carbons (Fsp3) is 0.562. The summed E-state index contributed by atoms with van der Waals surface area (Å²) in [5.74, 6) is 0.830. The van der Waals surface area contributed by atoms with Gasteiger partial charge in [-0.3, -0.25) is 19.2 Å². The second-order valence-corrected chi connectivity index (χ2v) is 6.44. The highest BCUT2D eigenvalue weighted by atomic mass is 16.3. The second-order valence-electron chi connectivity index (χ2n) is 6.44. The van der Waals surface area contributed by atoms with Crippen LogP contribution in [0, 0.1) is 11.8 Å². The summed E-state index contributed by atoms with van der Waals surface area (Å²) in [6, 6.07) is 0.121. The average Bonchev–Trinajstić information content (AvgIpc) is 2.98. The Balaban J connectivity index is 0.000000701. The van der Waals surface area contributed by atoms with Crippen LogP contribution in [0.1, 0.15) is 29.8 Å². The lowest BCUT2D eigenvalue weighted by Gasteiger charge is -2.31. The van der Waals surface area contributed by atoms with Gasteiger partial charge in [0, 0.05) is 39.3 Å². The first-order chi connectivity index (χ1) is 11.9. The Morgan fingerprint density at radius 1 is 1.40 bits per heavy atom. The first-order valence-electron chi connectivity index (χ1n) is 8.01. The Hall–Kier alpha value is -2.71. The third-order valence-corrected chi connectivity index (χ3v) is 4.95. The Kier molecular flexibility index (Phi) is 5.89. The van der Waals surface area contributed by atoms with Gasteiger partial charge < -0.3 is 19.9 Å². The maximum atomic E-state index is 12.4. The maximum absolute atomic E-state index is 12.4. The summed E-state index contributed by atoms with van der Waals surface area (Å²) in [6.45, 7) is 0.527. The molecule has 0 spiro atoms. The molecule has 0 bridgehead atoms. The zero-order valence-electron chi connectivity index (χ0n) is 14.2. The van der Waals surface area contributed by atoms with E-state index in [1.807, 2.05) is 7.05 Å². The molecular formula is C16H22N4O5. The molecule has 1 aliphatic carbocycles. The van der Waals surface area contributed by atoms with Crippen LogP contribution < -0.4 is 5.56 Å². The summed E-state index contributed by atoms with van der Waals surface area (Å²) in [7, 11) is 3.60. The smallest absolute Gasteiger partial charge is 0.290 e. The van der Waals surface area contributed by atoms with E-state index in [0.29, 0.717) is 18.3 Å². The van der Waals surface area contributed by atoms with E-state index < -0.39 is 0 Å². The van der Waals surface area contributed by atoms with Crippen LogP contribution in [0.4, 0.5) is 0 Å². The number of likely N-dealkylation sites (tertiary alicyclic amines) is 1. The van der Waals surface area contributed by atoms with Crippen molar-refractivity contribution >= 4 is 18.3 Å². The molecule has 25 heavy (non-hydrogen) atoms. The van der Waals surface area contributed by atoms with Crippen LogP contribution in [0.25, 0.3) is 0 Å². The van der Waals surface area contributed by atoms with Crippen molar-refractivity contribution in [2.24, 2.45) is 11.8 Å². The van der Waals surface area contributed by atoms with Crippen molar-refractivity contribution in [3.05, 3.63) is 28.4 Å². The lowest BCUT2D eigenvalue weighted by Crippen LogP contribution is -2.40. The third-order valence-electron chi connectivity index (χ3n) is 4.95. The first-order valence-corrected chi connectivity index (χ1v) is 8.01. The first kappa shape index (κ1) is 18.6. The molecule has 3 rings (SSSR count). The highest BCUT2D eigenvalue weighted by molar-refractivity contribution is 5.92. The molecule has 0 radical (unpaired) electrons. The molecule has 1 aromatic heterocycles. The van der Waals surface area contributed by atoms with Crippen molar-refractivity contribution in [3.8, 4) is 0 Å². The highest BCUT2D eigenvalue weighted by Crippen LogP contribution is 2.40. The van der Waals surface area contributed by atoms with Gasteiger partial charge in [-0.25, -0.2) is 4.98 Å². The number of hydrogen-bond donors (Lipinski definition) is 2. The average molecular weight is 350 g/mol. The number of nitrogens with one attached hydrogen (secondary N) is 1. The fourth-order valence-electron chi connectivity index (χ4n) is 3.61. The molecule has 136 valence electrons. The van der Waals surface area contributed by atoms with Crippen molar-refractivity contribution in [1.82, 2.24) is 19.8 Å². The minimum absolute atomic E-state index is 0.121. The molecule has 3 atom stereocenters. The lowest BCUT2D eigenvalue weighted by atomic mass is 9.88. The van der Waals surface area contributed by atoms with Crippen molar-refractivity contribution in [3.63, 3.8) is 0 Å². The van der Waals surface area contributed by atoms with Gasteiger partial charge in [0.15, 0.2) is 0 Å². The molecule has 1 saturated heterocycles. The zero-order chi connectivity index (χ0) is 18.6. The van der Waals surface area contributed by atoms with Crippen LogP contribution in [0.3, 0.4) is 0 Å². The number of rotatable bonds is 2. The van der Waals surface area contributed by atoms with Gasteiger partial charge in [-0.1, -0.05) is 0 Å². The van der Waals surface area contributed by atoms with Gasteiger partial charge >= 0.3 is 0 Å². The summed E-state index contributed by atoms with van der Waals surface area (Å²) in [5, 5.41) is 6.89. The summed E-state index contributed by atoms with van der Waals surface area (Å²) < 4.78 is 0. The molecule has 2 N–H and O–H groups in total. The molecule has 9 nitrogen and oxygen atoms in total. The summed E-state index contributed by atoms with van der Waals surface area (Å²) in [4.78, 5) is 53.5. The quantitative estimate of drug-likeness (QED) is 0.712. The van der Waals surface area contributed by atoms with Crippen LogP contribution >= 0.6 is 0 Å². The van der Waals surface area contributed by atoms with Crippen molar-refractivity contribution in [2.45, 2.75) is 25.3 Å². The van der Waals surface area contributed by atoms with E-state index >= 15 is 0 Å². The standard InChI is InChI=1S/C15H20N4O3.CH2O2/c1-18-8-10-4-11(3-9(10)5-14(18)21)19(2)15(22)12-6-17-13(20)7-16-12;2-1-3/h6-7,9-11H,3-5,8H2,1-2H3,(H,17,20);1H,(H,2,3)/t9-,10+,11-;/m0./s1.